The molecule has 0 spiro atoms. The molecule has 2 aromatic carbocycles. The predicted octanol–water partition coefficient (Wildman–Crippen LogP) is 4.78. The molecule has 2 amide bonds. The van der Waals surface area contributed by atoms with Crippen LogP contribution in [-0.4, -0.2) is 28.2 Å². The number of amides is 2. The van der Waals surface area contributed by atoms with E-state index >= 15 is 0 Å². The van der Waals surface area contributed by atoms with Gasteiger partial charge in [-0.3, -0.25) is 14.6 Å². The van der Waals surface area contributed by atoms with Gasteiger partial charge < -0.3 is 10.2 Å². The molecule has 5 nitrogen and oxygen atoms in total. The van der Waals surface area contributed by atoms with Gasteiger partial charge in [-0.2, -0.15) is 0 Å². The van der Waals surface area contributed by atoms with Crippen LogP contribution in [0, 0.1) is 6.92 Å². The van der Waals surface area contributed by atoms with Gasteiger partial charge in [0.05, 0.1) is 0 Å². The molecule has 0 radical (unpaired) electrons. The maximum absolute atomic E-state index is 13.0. The summed E-state index contributed by atoms with van der Waals surface area (Å²) < 4.78 is 0. The van der Waals surface area contributed by atoms with Crippen LogP contribution in [0.2, 0.25) is 5.02 Å². The van der Waals surface area contributed by atoms with Crippen LogP contribution in [0.5, 0.6) is 0 Å². The maximum atomic E-state index is 13.0. The fraction of sp³-hybridized carbons (Fsp3) is 0.240. The van der Waals surface area contributed by atoms with Crippen LogP contribution in [0.4, 0.5) is 0 Å². The molecule has 0 aliphatic carbocycles. The summed E-state index contributed by atoms with van der Waals surface area (Å²) in [5.41, 5.74) is 3.81. The van der Waals surface area contributed by atoms with E-state index in [9.17, 15) is 9.59 Å². The van der Waals surface area contributed by atoms with Gasteiger partial charge in [-0.1, -0.05) is 41.9 Å². The van der Waals surface area contributed by atoms with Crippen LogP contribution in [0.15, 0.2) is 73.1 Å². The summed E-state index contributed by atoms with van der Waals surface area (Å²) in [4.78, 5) is 31.2. The Morgan fingerprint density at radius 1 is 1.00 bits per heavy atom. The summed E-state index contributed by atoms with van der Waals surface area (Å²) in [6.07, 6.45) is 4.42. The first-order valence-electron chi connectivity index (χ1n) is 10.3. The molecule has 0 atom stereocenters. The van der Waals surface area contributed by atoms with E-state index in [1.54, 1.807) is 36.7 Å². The van der Waals surface area contributed by atoms with E-state index < -0.39 is 0 Å². The Labute approximate surface area is 188 Å². The third-order valence-electron chi connectivity index (χ3n) is 5.03. The van der Waals surface area contributed by atoms with Crippen molar-refractivity contribution >= 4 is 23.4 Å². The minimum Gasteiger partial charge on any atom is -0.352 e. The normalized spacial score (nSPS) is 10.5. The van der Waals surface area contributed by atoms with Gasteiger partial charge >= 0.3 is 0 Å². The van der Waals surface area contributed by atoms with Gasteiger partial charge in [0.2, 0.25) is 5.91 Å². The fourth-order valence-electron chi connectivity index (χ4n) is 3.24. The SMILES string of the molecule is Cc1ccccc1CN(Cc1cccnc1)C(=O)CCCNC(=O)c1ccc(Cl)cc1. The van der Waals surface area contributed by atoms with E-state index in [0.29, 0.717) is 43.1 Å². The number of pyridine rings is 1. The second-order valence-electron chi connectivity index (χ2n) is 7.40. The van der Waals surface area contributed by atoms with Crippen LogP contribution >= 0.6 is 11.6 Å². The van der Waals surface area contributed by atoms with Crippen molar-refractivity contribution in [2.24, 2.45) is 0 Å². The molecular formula is C25H26ClN3O2. The molecule has 1 heterocycles. The van der Waals surface area contributed by atoms with Crippen LogP contribution in [-0.2, 0) is 17.9 Å². The molecule has 3 aromatic rings. The molecule has 0 saturated heterocycles. The zero-order valence-electron chi connectivity index (χ0n) is 17.6. The second-order valence-corrected chi connectivity index (χ2v) is 7.84. The number of nitrogens with zero attached hydrogens (tertiary/aromatic N) is 2. The molecular weight excluding hydrogens is 410 g/mol. The first-order valence-corrected chi connectivity index (χ1v) is 10.7. The molecule has 1 N–H and O–H groups in total. The summed E-state index contributed by atoms with van der Waals surface area (Å²) in [5.74, 6) is -0.121. The topological polar surface area (TPSA) is 62.3 Å². The van der Waals surface area contributed by atoms with E-state index in [4.69, 9.17) is 11.6 Å². The number of hydrogen-bond donors (Lipinski definition) is 1. The summed E-state index contributed by atoms with van der Waals surface area (Å²) in [6.45, 7) is 3.52. The van der Waals surface area contributed by atoms with Crippen LogP contribution in [0.25, 0.3) is 0 Å². The number of carbonyl (C=O) groups is 2. The van der Waals surface area contributed by atoms with Crippen molar-refractivity contribution in [1.29, 1.82) is 0 Å². The smallest absolute Gasteiger partial charge is 0.251 e. The molecule has 160 valence electrons. The van der Waals surface area contributed by atoms with E-state index in [2.05, 4.69) is 10.3 Å². The highest BCUT2D eigenvalue weighted by Gasteiger charge is 2.16. The molecule has 0 aliphatic heterocycles. The van der Waals surface area contributed by atoms with E-state index in [0.717, 1.165) is 16.7 Å². The quantitative estimate of drug-likeness (QED) is 0.492. The summed E-state index contributed by atoms with van der Waals surface area (Å²) >= 11 is 5.86. The molecule has 0 aliphatic rings. The minimum absolute atomic E-state index is 0.0489. The van der Waals surface area contributed by atoms with E-state index in [1.165, 1.54) is 0 Å². The average molecular weight is 436 g/mol. The van der Waals surface area contributed by atoms with Crippen molar-refractivity contribution in [2.45, 2.75) is 32.9 Å². The number of rotatable bonds is 9. The number of aromatic nitrogens is 1. The van der Waals surface area contributed by atoms with Crippen molar-refractivity contribution in [3.8, 4) is 0 Å². The molecule has 6 heteroatoms. The highest BCUT2D eigenvalue weighted by Crippen LogP contribution is 2.15. The van der Waals surface area contributed by atoms with Gasteiger partial charge in [0.25, 0.3) is 5.91 Å². The number of benzene rings is 2. The highest BCUT2D eigenvalue weighted by atomic mass is 35.5. The van der Waals surface area contributed by atoms with E-state index in [1.807, 2.05) is 48.2 Å². The van der Waals surface area contributed by atoms with Gasteiger partial charge in [-0.15, -0.1) is 0 Å². The Balaban J connectivity index is 1.56. The number of hydrogen-bond acceptors (Lipinski definition) is 3. The van der Waals surface area contributed by atoms with Crippen LogP contribution in [0.3, 0.4) is 0 Å². The fourth-order valence-corrected chi connectivity index (χ4v) is 3.37. The monoisotopic (exact) mass is 435 g/mol. The third-order valence-corrected chi connectivity index (χ3v) is 5.28. The van der Waals surface area contributed by atoms with Gasteiger partial charge in [0.1, 0.15) is 0 Å². The molecule has 0 bridgehead atoms. The Kier molecular flexibility index (Phi) is 8.19. The molecule has 0 unspecified atom stereocenters. The average Bonchev–Trinajstić information content (AvgIpc) is 2.78. The number of halogens is 1. The maximum Gasteiger partial charge on any atom is 0.251 e. The standard InChI is InChI=1S/C25H26ClN3O2/c1-19-6-2-3-8-22(19)18-29(17-20-7-4-14-27-16-20)24(30)9-5-15-28-25(31)21-10-12-23(26)13-11-21/h2-4,6-8,10-14,16H,5,9,15,17-18H2,1H3,(H,28,31). The zero-order chi connectivity index (χ0) is 22.1. The Morgan fingerprint density at radius 2 is 1.77 bits per heavy atom. The summed E-state index contributed by atoms with van der Waals surface area (Å²) in [5, 5.41) is 3.45. The summed E-state index contributed by atoms with van der Waals surface area (Å²) in [6, 6.07) is 18.6. The van der Waals surface area contributed by atoms with Crippen molar-refractivity contribution in [2.75, 3.05) is 6.54 Å². The number of aryl methyl sites for hydroxylation is 1. The van der Waals surface area contributed by atoms with Crippen molar-refractivity contribution in [3.05, 3.63) is 100 Å². The highest BCUT2D eigenvalue weighted by molar-refractivity contribution is 6.30. The lowest BCUT2D eigenvalue weighted by molar-refractivity contribution is -0.132. The van der Waals surface area contributed by atoms with Crippen molar-refractivity contribution in [3.63, 3.8) is 0 Å². The minimum atomic E-state index is -0.170. The Bertz CT molecular complexity index is 1010. The molecule has 0 saturated carbocycles. The lowest BCUT2D eigenvalue weighted by atomic mass is 10.1. The molecule has 1 aromatic heterocycles. The second kappa shape index (κ2) is 11.3. The largest absolute Gasteiger partial charge is 0.352 e. The first-order chi connectivity index (χ1) is 15.0. The van der Waals surface area contributed by atoms with Gasteiger partial charge in [0, 0.05) is 49.0 Å². The third kappa shape index (κ3) is 6.93. The lowest BCUT2D eigenvalue weighted by Gasteiger charge is -2.24. The number of carbonyl (C=O) groups excluding carboxylic acids is 2. The van der Waals surface area contributed by atoms with E-state index in [-0.39, 0.29) is 11.8 Å². The molecule has 3 rings (SSSR count). The van der Waals surface area contributed by atoms with Crippen LogP contribution < -0.4 is 5.32 Å². The van der Waals surface area contributed by atoms with Gasteiger partial charge in [-0.25, -0.2) is 0 Å². The zero-order valence-corrected chi connectivity index (χ0v) is 18.3. The molecule has 31 heavy (non-hydrogen) atoms. The van der Waals surface area contributed by atoms with Crippen molar-refractivity contribution in [1.82, 2.24) is 15.2 Å². The Hall–Kier alpha value is -3.18. The van der Waals surface area contributed by atoms with Crippen LogP contribution in [0.1, 0.15) is 39.9 Å². The Morgan fingerprint density at radius 3 is 2.48 bits per heavy atom. The number of nitrogens with one attached hydrogen (secondary N) is 1. The summed E-state index contributed by atoms with van der Waals surface area (Å²) in [7, 11) is 0. The van der Waals surface area contributed by atoms with Gasteiger partial charge in [-0.05, 0) is 60.4 Å². The predicted molar refractivity (Wildman–Crippen MR) is 123 cm³/mol. The first kappa shape index (κ1) is 22.5. The van der Waals surface area contributed by atoms with Gasteiger partial charge in [0.15, 0.2) is 0 Å². The lowest BCUT2D eigenvalue weighted by Crippen LogP contribution is -2.31. The van der Waals surface area contributed by atoms with Crippen molar-refractivity contribution < 1.29 is 9.59 Å². The molecule has 0 fully saturated rings.